The SMILES string of the molecule is CC(C)OP(=O)(CO[C@H](C)Cn1nc2nc(N)nc(N)c2n1)OC(C)C. The van der Waals surface area contributed by atoms with Crippen LogP contribution in [0.3, 0.4) is 0 Å². The van der Waals surface area contributed by atoms with Gasteiger partial charge in [-0.25, -0.2) is 0 Å². The van der Waals surface area contributed by atoms with Gasteiger partial charge in [0.05, 0.1) is 24.9 Å². The second-order valence-corrected chi connectivity index (χ2v) is 8.32. The van der Waals surface area contributed by atoms with Gasteiger partial charge in [-0.15, -0.1) is 10.2 Å². The standard InChI is InChI=1S/C14H26N7O4P/c1-8(2)24-26(22,25-9(3)4)7-23-10(5)6-21-19-11-12(15)17-14(16)18-13(11)20-21/h8-10H,6-7H2,1-5H3,(H4,15,16,17,18,20)/t10-/m1/s1. The Kier molecular flexibility index (Phi) is 6.51. The minimum atomic E-state index is -3.36. The lowest BCUT2D eigenvalue weighted by atomic mass is 10.4. The molecule has 0 fully saturated rings. The van der Waals surface area contributed by atoms with E-state index in [0.717, 1.165) is 0 Å². The molecule has 2 heterocycles. The van der Waals surface area contributed by atoms with Crippen LogP contribution in [0.5, 0.6) is 0 Å². The van der Waals surface area contributed by atoms with E-state index in [0.29, 0.717) is 17.7 Å². The lowest BCUT2D eigenvalue weighted by Crippen LogP contribution is -2.21. The summed E-state index contributed by atoms with van der Waals surface area (Å²) in [5, 5.41) is 8.42. The average Bonchev–Trinajstić information content (AvgIpc) is 2.86. The Morgan fingerprint density at radius 1 is 1.04 bits per heavy atom. The summed E-state index contributed by atoms with van der Waals surface area (Å²) in [5.41, 5.74) is 12.0. The Bertz CT molecular complexity index is 781. The third kappa shape index (κ3) is 5.60. The van der Waals surface area contributed by atoms with Crippen LogP contribution in [-0.2, 0) is 24.9 Å². The summed E-state index contributed by atoms with van der Waals surface area (Å²) < 4.78 is 29.3. The Morgan fingerprint density at radius 3 is 2.23 bits per heavy atom. The fraction of sp³-hybridized carbons (Fsp3) is 0.714. The molecule has 4 N–H and O–H groups in total. The quantitative estimate of drug-likeness (QED) is 0.609. The summed E-state index contributed by atoms with van der Waals surface area (Å²) in [4.78, 5) is 9.21. The molecule has 0 aliphatic carbocycles. The topological polar surface area (TPSA) is 153 Å². The highest BCUT2D eigenvalue weighted by atomic mass is 31.2. The molecule has 0 aliphatic heterocycles. The molecule has 0 aromatic carbocycles. The number of hydrogen-bond acceptors (Lipinski definition) is 10. The largest absolute Gasteiger partial charge is 0.382 e. The number of nitrogen functional groups attached to an aromatic ring is 2. The second kappa shape index (κ2) is 8.26. The van der Waals surface area contributed by atoms with Crippen LogP contribution < -0.4 is 11.5 Å². The summed E-state index contributed by atoms with van der Waals surface area (Å²) in [6, 6.07) is 0. The van der Waals surface area contributed by atoms with Crippen molar-refractivity contribution in [1.29, 1.82) is 0 Å². The zero-order valence-corrected chi connectivity index (χ0v) is 16.5. The molecular formula is C14H26N7O4P. The van der Waals surface area contributed by atoms with Gasteiger partial charge in [0, 0.05) is 0 Å². The summed E-state index contributed by atoms with van der Waals surface area (Å²) >= 11 is 0. The summed E-state index contributed by atoms with van der Waals surface area (Å²) in [6.07, 6.45) is -1.02. The molecule has 1 atom stereocenters. The molecule has 2 rings (SSSR count). The molecule has 0 saturated carbocycles. The van der Waals surface area contributed by atoms with Gasteiger partial charge >= 0.3 is 7.60 Å². The van der Waals surface area contributed by atoms with Crippen molar-refractivity contribution in [1.82, 2.24) is 25.0 Å². The van der Waals surface area contributed by atoms with Crippen molar-refractivity contribution in [2.24, 2.45) is 0 Å². The average molecular weight is 387 g/mol. The van der Waals surface area contributed by atoms with E-state index in [1.54, 1.807) is 34.6 Å². The molecule has 0 amide bonds. The van der Waals surface area contributed by atoms with Crippen LogP contribution in [0.15, 0.2) is 0 Å². The maximum atomic E-state index is 12.8. The second-order valence-electron chi connectivity index (χ2n) is 6.42. The fourth-order valence-electron chi connectivity index (χ4n) is 2.20. The third-order valence-corrected chi connectivity index (χ3v) is 4.97. The molecule has 26 heavy (non-hydrogen) atoms. The van der Waals surface area contributed by atoms with Crippen LogP contribution in [-0.4, -0.2) is 49.6 Å². The number of nitrogens with two attached hydrogens (primary N) is 2. The van der Waals surface area contributed by atoms with Gasteiger partial charge in [-0.2, -0.15) is 14.8 Å². The Balaban J connectivity index is 2.02. The van der Waals surface area contributed by atoms with Crippen molar-refractivity contribution in [2.75, 3.05) is 17.8 Å². The van der Waals surface area contributed by atoms with E-state index in [1.807, 2.05) is 0 Å². The highest BCUT2D eigenvalue weighted by Gasteiger charge is 2.29. The van der Waals surface area contributed by atoms with E-state index in [9.17, 15) is 4.57 Å². The summed E-state index contributed by atoms with van der Waals surface area (Å²) in [5.74, 6) is 0.191. The lowest BCUT2D eigenvalue weighted by Gasteiger charge is -2.24. The van der Waals surface area contributed by atoms with E-state index in [2.05, 4.69) is 20.2 Å². The van der Waals surface area contributed by atoms with E-state index >= 15 is 0 Å². The number of rotatable bonds is 9. The number of ether oxygens (including phenoxy) is 1. The van der Waals surface area contributed by atoms with Gasteiger partial charge < -0.3 is 25.3 Å². The maximum absolute atomic E-state index is 12.8. The molecule has 11 nitrogen and oxygen atoms in total. The molecular weight excluding hydrogens is 361 g/mol. The van der Waals surface area contributed by atoms with Gasteiger partial charge in [-0.3, -0.25) is 4.57 Å². The summed E-state index contributed by atoms with van der Waals surface area (Å²) in [6.45, 7) is 9.24. The minimum Gasteiger partial charge on any atom is -0.382 e. The molecule has 0 saturated heterocycles. The van der Waals surface area contributed by atoms with Gasteiger partial charge in [0.15, 0.2) is 11.3 Å². The van der Waals surface area contributed by atoms with Crippen LogP contribution in [0.25, 0.3) is 11.2 Å². The van der Waals surface area contributed by atoms with Crippen LogP contribution in [0, 0.1) is 0 Å². The van der Waals surface area contributed by atoms with Crippen LogP contribution in [0.2, 0.25) is 0 Å². The number of nitrogens with zero attached hydrogens (tertiary/aromatic N) is 5. The zero-order valence-electron chi connectivity index (χ0n) is 15.6. The Hall–Kier alpha value is -1.81. The number of anilines is 2. The monoisotopic (exact) mass is 387 g/mol. The highest BCUT2D eigenvalue weighted by molar-refractivity contribution is 7.53. The number of aromatic nitrogens is 5. The number of fused-ring (bicyclic) bond motifs is 1. The molecule has 0 spiro atoms. The highest BCUT2D eigenvalue weighted by Crippen LogP contribution is 2.50. The van der Waals surface area contributed by atoms with E-state index in [1.165, 1.54) is 4.80 Å². The van der Waals surface area contributed by atoms with E-state index in [4.69, 9.17) is 25.3 Å². The predicted octanol–water partition coefficient (Wildman–Crippen LogP) is 1.79. The van der Waals surface area contributed by atoms with Gasteiger partial charge in [0.2, 0.25) is 11.6 Å². The summed E-state index contributed by atoms with van der Waals surface area (Å²) in [7, 11) is -3.36. The molecule has 0 aliphatic rings. The normalized spacial score (nSPS) is 13.8. The van der Waals surface area contributed by atoms with E-state index < -0.39 is 7.60 Å². The van der Waals surface area contributed by atoms with E-state index in [-0.39, 0.29) is 36.4 Å². The molecule has 0 unspecified atom stereocenters. The van der Waals surface area contributed by atoms with Crippen molar-refractivity contribution < 1.29 is 18.3 Å². The molecule has 146 valence electrons. The Morgan fingerprint density at radius 2 is 1.65 bits per heavy atom. The van der Waals surface area contributed by atoms with Gasteiger partial charge in [0.25, 0.3) is 0 Å². The lowest BCUT2D eigenvalue weighted by molar-refractivity contribution is 0.0504. The van der Waals surface area contributed by atoms with Crippen molar-refractivity contribution >= 4 is 30.5 Å². The first kappa shape index (κ1) is 20.5. The first-order chi connectivity index (χ1) is 12.1. The Labute approximate surface area is 151 Å². The molecule has 0 bridgehead atoms. The zero-order chi connectivity index (χ0) is 19.5. The molecule has 2 aromatic heterocycles. The van der Waals surface area contributed by atoms with Gasteiger partial charge in [-0.1, -0.05) is 0 Å². The first-order valence-electron chi connectivity index (χ1n) is 8.29. The molecule has 0 radical (unpaired) electrons. The van der Waals surface area contributed by atoms with Crippen LogP contribution >= 0.6 is 7.60 Å². The predicted molar refractivity (Wildman–Crippen MR) is 97.4 cm³/mol. The van der Waals surface area contributed by atoms with Crippen molar-refractivity contribution in [3.8, 4) is 0 Å². The van der Waals surface area contributed by atoms with Crippen molar-refractivity contribution in [3.63, 3.8) is 0 Å². The first-order valence-corrected chi connectivity index (χ1v) is 10.0. The smallest absolute Gasteiger partial charge is 0.356 e. The van der Waals surface area contributed by atoms with Gasteiger partial charge in [-0.05, 0) is 34.6 Å². The van der Waals surface area contributed by atoms with Crippen molar-refractivity contribution in [2.45, 2.75) is 59.5 Å². The van der Waals surface area contributed by atoms with Gasteiger partial charge in [0.1, 0.15) is 6.35 Å². The molecule has 2 aromatic rings. The van der Waals surface area contributed by atoms with Crippen LogP contribution in [0.1, 0.15) is 34.6 Å². The third-order valence-electron chi connectivity index (χ3n) is 3.02. The fourth-order valence-corrected chi connectivity index (χ4v) is 4.09. The minimum absolute atomic E-state index is 0.0314. The van der Waals surface area contributed by atoms with Crippen molar-refractivity contribution in [3.05, 3.63) is 0 Å². The van der Waals surface area contributed by atoms with Crippen LogP contribution in [0.4, 0.5) is 11.8 Å². The molecule has 12 heteroatoms. The number of hydrogen-bond donors (Lipinski definition) is 2. The maximum Gasteiger partial charge on any atom is 0.356 e.